The average Bonchev–Trinajstić information content (AvgIpc) is 3.25. The molecule has 1 amide bonds. The number of amides is 1. The van der Waals surface area contributed by atoms with Crippen LogP contribution in [0.3, 0.4) is 0 Å². The van der Waals surface area contributed by atoms with Crippen molar-refractivity contribution in [3.8, 4) is 11.3 Å². The van der Waals surface area contributed by atoms with Crippen molar-refractivity contribution in [3.05, 3.63) is 63.5 Å². The molecule has 0 saturated carbocycles. The Balaban J connectivity index is 1.72. The summed E-state index contributed by atoms with van der Waals surface area (Å²) in [6.45, 7) is 3.99. The minimum atomic E-state index is -0.341. The van der Waals surface area contributed by atoms with Crippen LogP contribution >= 0.6 is 11.3 Å². The van der Waals surface area contributed by atoms with Gasteiger partial charge < -0.3 is 9.84 Å². The fourth-order valence-corrected chi connectivity index (χ4v) is 3.49. The van der Waals surface area contributed by atoms with Gasteiger partial charge in [-0.25, -0.2) is 14.4 Å². The van der Waals surface area contributed by atoms with E-state index < -0.39 is 0 Å². The first-order chi connectivity index (χ1) is 13.0. The third kappa shape index (κ3) is 3.43. The molecule has 0 unspecified atom stereocenters. The van der Waals surface area contributed by atoms with E-state index in [0.29, 0.717) is 34.4 Å². The zero-order chi connectivity index (χ0) is 19.0. The van der Waals surface area contributed by atoms with E-state index >= 15 is 0 Å². The zero-order valence-corrected chi connectivity index (χ0v) is 15.4. The zero-order valence-electron chi connectivity index (χ0n) is 14.6. The number of hydrogen-bond acceptors (Lipinski definition) is 6. The number of aryl methyl sites for hydroxylation is 2. The van der Waals surface area contributed by atoms with Gasteiger partial charge >= 0.3 is 0 Å². The number of nitrogens with zero attached hydrogens (tertiary/aromatic N) is 3. The molecule has 0 spiro atoms. The maximum Gasteiger partial charge on any atom is 0.259 e. The van der Waals surface area contributed by atoms with Gasteiger partial charge in [-0.05, 0) is 44.2 Å². The molecule has 0 aliphatic rings. The lowest BCUT2D eigenvalue weighted by Gasteiger charge is -2.07. The van der Waals surface area contributed by atoms with Crippen LogP contribution in [0.4, 0.5) is 4.39 Å². The number of aromatic nitrogens is 3. The van der Waals surface area contributed by atoms with Crippen molar-refractivity contribution in [1.82, 2.24) is 20.4 Å². The monoisotopic (exact) mass is 382 g/mol. The number of halogens is 1. The summed E-state index contributed by atoms with van der Waals surface area (Å²) >= 11 is 1.49. The Bertz CT molecular complexity index is 1130. The molecule has 1 N–H and O–H groups in total. The summed E-state index contributed by atoms with van der Waals surface area (Å²) in [4.78, 5) is 21.6. The standard InChI is InChI=1S/C19H15FN4O2S/c1-10-9-27-16(22-10)8-21-18(25)14-7-15(12-3-5-13(20)6-4-12)23-19-17(14)11(2)24-26-19/h3-7,9H,8H2,1-2H3,(H,21,25). The molecule has 3 heterocycles. The quantitative estimate of drug-likeness (QED) is 0.576. The van der Waals surface area contributed by atoms with Gasteiger partial charge in [-0.1, -0.05) is 5.16 Å². The number of thiazole rings is 1. The molecular weight excluding hydrogens is 367 g/mol. The van der Waals surface area contributed by atoms with Gasteiger partial charge in [0.15, 0.2) is 0 Å². The molecular formula is C19H15FN4O2S. The molecule has 6 nitrogen and oxygen atoms in total. The Kier molecular flexibility index (Phi) is 4.41. The van der Waals surface area contributed by atoms with Crippen LogP contribution in [0.2, 0.25) is 0 Å². The smallest absolute Gasteiger partial charge is 0.259 e. The first-order valence-corrected chi connectivity index (χ1v) is 9.11. The highest BCUT2D eigenvalue weighted by Crippen LogP contribution is 2.27. The number of nitrogens with one attached hydrogen (secondary N) is 1. The van der Waals surface area contributed by atoms with Gasteiger partial charge in [-0.3, -0.25) is 4.79 Å². The van der Waals surface area contributed by atoms with Crippen LogP contribution in [-0.2, 0) is 6.54 Å². The van der Waals surface area contributed by atoms with Gasteiger partial charge in [0.2, 0.25) is 0 Å². The van der Waals surface area contributed by atoms with Crippen molar-refractivity contribution in [2.24, 2.45) is 0 Å². The van der Waals surface area contributed by atoms with E-state index in [1.54, 1.807) is 25.1 Å². The largest absolute Gasteiger partial charge is 0.345 e. The van der Waals surface area contributed by atoms with Crippen LogP contribution in [-0.4, -0.2) is 21.0 Å². The van der Waals surface area contributed by atoms with Crippen molar-refractivity contribution in [2.75, 3.05) is 0 Å². The number of hydrogen-bond donors (Lipinski definition) is 1. The van der Waals surface area contributed by atoms with E-state index in [0.717, 1.165) is 10.7 Å². The lowest BCUT2D eigenvalue weighted by Crippen LogP contribution is -2.23. The highest BCUT2D eigenvalue weighted by Gasteiger charge is 2.19. The van der Waals surface area contributed by atoms with Crippen LogP contribution in [0.15, 0.2) is 40.2 Å². The Morgan fingerprint density at radius 3 is 2.70 bits per heavy atom. The number of rotatable bonds is 4. The Hall–Kier alpha value is -3.13. The summed E-state index contributed by atoms with van der Waals surface area (Å²) in [5, 5.41) is 10.1. The molecule has 0 bridgehead atoms. The minimum Gasteiger partial charge on any atom is -0.345 e. The maximum absolute atomic E-state index is 13.2. The van der Waals surface area contributed by atoms with E-state index in [-0.39, 0.29) is 17.4 Å². The first-order valence-electron chi connectivity index (χ1n) is 8.23. The third-order valence-corrected chi connectivity index (χ3v) is 5.04. The van der Waals surface area contributed by atoms with Crippen molar-refractivity contribution >= 4 is 28.3 Å². The summed E-state index contributed by atoms with van der Waals surface area (Å²) in [6, 6.07) is 7.57. The predicted octanol–water partition coefficient (Wildman–Crippen LogP) is 4.03. The summed E-state index contributed by atoms with van der Waals surface area (Å²) in [6.07, 6.45) is 0. The van der Waals surface area contributed by atoms with Crippen LogP contribution in [0.5, 0.6) is 0 Å². The van der Waals surface area contributed by atoms with Gasteiger partial charge in [0.1, 0.15) is 10.8 Å². The lowest BCUT2D eigenvalue weighted by atomic mass is 10.1. The van der Waals surface area contributed by atoms with Crippen LogP contribution < -0.4 is 5.32 Å². The topological polar surface area (TPSA) is 80.9 Å². The van der Waals surface area contributed by atoms with Crippen molar-refractivity contribution in [3.63, 3.8) is 0 Å². The molecule has 4 aromatic rings. The van der Waals surface area contributed by atoms with E-state index in [1.807, 2.05) is 12.3 Å². The summed E-state index contributed by atoms with van der Waals surface area (Å²) in [5.74, 6) is -0.614. The fourth-order valence-electron chi connectivity index (χ4n) is 2.78. The van der Waals surface area contributed by atoms with Crippen LogP contribution in [0.25, 0.3) is 22.4 Å². The molecule has 0 fully saturated rings. The molecule has 3 aromatic heterocycles. The highest BCUT2D eigenvalue weighted by molar-refractivity contribution is 7.09. The number of carbonyl (C=O) groups excluding carboxylic acids is 1. The minimum absolute atomic E-state index is 0.268. The van der Waals surface area contributed by atoms with Crippen molar-refractivity contribution in [2.45, 2.75) is 20.4 Å². The second-order valence-corrected chi connectivity index (χ2v) is 7.02. The second-order valence-electron chi connectivity index (χ2n) is 6.08. The highest BCUT2D eigenvalue weighted by atomic mass is 32.1. The molecule has 4 rings (SSSR count). The summed E-state index contributed by atoms with van der Waals surface area (Å²) in [5.41, 5.74) is 3.36. The lowest BCUT2D eigenvalue weighted by molar-refractivity contribution is 0.0952. The Labute approximate surface area is 158 Å². The second kappa shape index (κ2) is 6.88. The normalized spacial score (nSPS) is 11.1. The van der Waals surface area contributed by atoms with Gasteiger partial charge in [-0.15, -0.1) is 11.3 Å². The molecule has 1 aromatic carbocycles. The first kappa shape index (κ1) is 17.3. The van der Waals surface area contributed by atoms with Gasteiger partial charge in [0.25, 0.3) is 11.6 Å². The summed E-state index contributed by atoms with van der Waals surface area (Å²) < 4.78 is 18.5. The molecule has 0 saturated heterocycles. The SMILES string of the molecule is Cc1csc(CNC(=O)c2cc(-c3ccc(F)cc3)nc3onc(C)c23)n1. The van der Waals surface area contributed by atoms with E-state index in [4.69, 9.17) is 4.52 Å². The number of fused-ring (bicyclic) bond motifs is 1. The number of pyridine rings is 1. The van der Waals surface area contributed by atoms with Crippen LogP contribution in [0, 0.1) is 19.7 Å². The van der Waals surface area contributed by atoms with Crippen molar-refractivity contribution < 1.29 is 13.7 Å². The molecule has 0 aliphatic carbocycles. The number of carbonyl (C=O) groups is 1. The number of benzene rings is 1. The van der Waals surface area contributed by atoms with E-state index in [1.165, 1.54) is 23.5 Å². The molecule has 0 atom stereocenters. The van der Waals surface area contributed by atoms with Crippen molar-refractivity contribution in [1.29, 1.82) is 0 Å². The molecule has 136 valence electrons. The van der Waals surface area contributed by atoms with Crippen LogP contribution in [0.1, 0.15) is 26.8 Å². The van der Waals surface area contributed by atoms with E-state index in [2.05, 4.69) is 20.4 Å². The maximum atomic E-state index is 13.2. The molecule has 8 heteroatoms. The average molecular weight is 382 g/mol. The van der Waals surface area contributed by atoms with E-state index in [9.17, 15) is 9.18 Å². The van der Waals surface area contributed by atoms with Gasteiger partial charge in [-0.2, -0.15) is 0 Å². The molecule has 0 aliphatic heterocycles. The Morgan fingerprint density at radius 2 is 2.00 bits per heavy atom. The Morgan fingerprint density at radius 1 is 1.22 bits per heavy atom. The molecule has 0 radical (unpaired) electrons. The van der Waals surface area contributed by atoms with Gasteiger partial charge in [0, 0.05) is 16.6 Å². The predicted molar refractivity (Wildman–Crippen MR) is 100.0 cm³/mol. The molecule has 27 heavy (non-hydrogen) atoms. The van der Waals surface area contributed by atoms with Gasteiger partial charge in [0.05, 0.1) is 28.9 Å². The fraction of sp³-hybridized carbons (Fsp3) is 0.158. The third-order valence-electron chi connectivity index (χ3n) is 4.07. The summed E-state index contributed by atoms with van der Waals surface area (Å²) in [7, 11) is 0.